The Morgan fingerprint density at radius 3 is 3.00 bits per heavy atom. The van der Waals surface area contributed by atoms with E-state index in [0.717, 1.165) is 27.3 Å². The van der Waals surface area contributed by atoms with Crippen LogP contribution in [0.4, 0.5) is 5.69 Å². The molecule has 2 heterocycles. The second-order valence-corrected chi connectivity index (χ2v) is 7.06. The lowest BCUT2D eigenvalue weighted by Gasteiger charge is -2.22. The zero-order valence-electron chi connectivity index (χ0n) is 11.5. The molecule has 6 heteroatoms. The van der Waals surface area contributed by atoms with E-state index in [0.29, 0.717) is 0 Å². The summed E-state index contributed by atoms with van der Waals surface area (Å²) in [5.74, 6) is 0.609. The van der Waals surface area contributed by atoms with Crippen LogP contribution >= 0.6 is 27.3 Å². The van der Waals surface area contributed by atoms with Gasteiger partial charge in [0.25, 0.3) is 5.91 Å². The van der Waals surface area contributed by atoms with Crippen LogP contribution in [0.3, 0.4) is 0 Å². The molecule has 21 heavy (non-hydrogen) atoms. The van der Waals surface area contributed by atoms with Crippen molar-refractivity contribution in [3.63, 3.8) is 0 Å². The fourth-order valence-corrected chi connectivity index (χ4v) is 3.59. The van der Waals surface area contributed by atoms with Crippen molar-refractivity contribution in [1.82, 2.24) is 5.32 Å². The van der Waals surface area contributed by atoms with Crippen molar-refractivity contribution in [3.8, 4) is 5.75 Å². The molecule has 0 fully saturated rings. The summed E-state index contributed by atoms with van der Waals surface area (Å²) in [5.41, 5.74) is 3.05. The number of amides is 1. The van der Waals surface area contributed by atoms with Crippen LogP contribution in [0.5, 0.6) is 5.75 Å². The number of fused-ring (bicyclic) bond motifs is 1. The summed E-state index contributed by atoms with van der Waals surface area (Å²) < 4.78 is 6.51. The topological polar surface area (TPSA) is 50.4 Å². The molecule has 1 aromatic carbocycles. The maximum Gasteiger partial charge on any atom is 0.262 e. The summed E-state index contributed by atoms with van der Waals surface area (Å²) in [5, 5.41) is 8.47. The minimum Gasteiger partial charge on any atom is -0.482 e. The van der Waals surface area contributed by atoms with Crippen molar-refractivity contribution < 1.29 is 9.53 Å². The zero-order valence-corrected chi connectivity index (χ0v) is 13.9. The van der Waals surface area contributed by atoms with E-state index in [1.54, 1.807) is 11.3 Å². The molecule has 1 aliphatic rings. The van der Waals surface area contributed by atoms with Crippen molar-refractivity contribution in [2.24, 2.45) is 0 Å². The number of thiophene rings is 1. The molecule has 0 bridgehead atoms. The Hall–Kier alpha value is -1.37. The highest BCUT2D eigenvalue weighted by molar-refractivity contribution is 9.11. The van der Waals surface area contributed by atoms with Gasteiger partial charge in [0.1, 0.15) is 5.75 Å². The van der Waals surface area contributed by atoms with E-state index < -0.39 is 0 Å². The van der Waals surface area contributed by atoms with Crippen LogP contribution in [-0.2, 0) is 4.79 Å². The lowest BCUT2D eigenvalue weighted by Crippen LogP contribution is -2.26. The summed E-state index contributed by atoms with van der Waals surface area (Å²) in [6.07, 6.45) is 0. The first-order valence-electron chi connectivity index (χ1n) is 6.71. The van der Waals surface area contributed by atoms with Gasteiger partial charge in [0.05, 0.1) is 15.5 Å². The molecule has 1 unspecified atom stereocenters. The van der Waals surface area contributed by atoms with E-state index >= 15 is 0 Å². The first-order chi connectivity index (χ1) is 10.2. The number of carbonyl (C=O) groups is 1. The maximum absolute atomic E-state index is 11.4. The number of anilines is 1. The van der Waals surface area contributed by atoms with Crippen LogP contribution in [0.2, 0.25) is 0 Å². The first-order valence-corrected chi connectivity index (χ1v) is 8.38. The molecule has 0 radical (unpaired) electrons. The molecule has 1 amide bonds. The van der Waals surface area contributed by atoms with Gasteiger partial charge in [0, 0.05) is 0 Å². The van der Waals surface area contributed by atoms with Gasteiger partial charge in [-0.05, 0) is 57.2 Å². The number of hydrogen-bond donors (Lipinski definition) is 2. The lowest BCUT2D eigenvalue weighted by atomic mass is 10.00. The molecule has 110 valence electrons. The highest BCUT2D eigenvalue weighted by Crippen LogP contribution is 2.34. The number of halogens is 1. The Bertz CT molecular complexity index is 671. The molecule has 4 nitrogen and oxygen atoms in total. The maximum atomic E-state index is 11.4. The quantitative estimate of drug-likeness (QED) is 0.869. The van der Waals surface area contributed by atoms with Gasteiger partial charge in [-0.1, -0.05) is 13.0 Å². The molecule has 1 aromatic heterocycles. The Kier molecular flexibility index (Phi) is 4.28. The second kappa shape index (κ2) is 6.17. The molecule has 1 aliphatic heterocycles. The van der Waals surface area contributed by atoms with E-state index in [4.69, 9.17) is 4.74 Å². The average molecular weight is 367 g/mol. The Morgan fingerprint density at radius 2 is 2.29 bits per heavy atom. The number of rotatable bonds is 4. The number of benzene rings is 1. The Labute approximate surface area is 135 Å². The summed E-state index contributed by atoms with van der Waals surface area (Å²) in [6, 6.07) is 8.14. The van der Waals surface area contributed by atoms with Crippen LogP contribution in [0.15, 0.2) is 33.4 Å². The van der Waals surface area contributed by atoms with Gasteiger partial charge >= 0.3 is 0 Å². The first kappa shape index (κ1) is 14.6. The summed E-state index contributed by atoms with van der Waals surface area (Å²) >= 11 is 5.17. The van der Waals surface area contributed by atoms with Crippen molar-refractivity contribution in [3.05, 3.63) is 44.6 Å². The van der Waals surface area contributed by atoms with Gasteiger partial charge in [-0.3, -0.25) is 4.79 Å². The second-order valence-electron chi connectivity index (χ2n) is 4.77. The highest BCUT2D eigenvalue weighted by Gasteiger charge is 2.20. The molecule has 0 spiro atoms. The number of hydrogen-bond acceptors (Lipinski definition) is 4. The van der Waals surface area contributed by atoms with Crippen LogP contribution < -0.4 is 15.4 Å². The van der Waals surface area contributed by atoms with Gasteiger partial charge in [-0.2, -0.15) is 0 Å². The third kappa shape index (κ3) is 3.12. The largest absolute Gasteiger partial charge is 0.482 e. The van der Waals surface area contributed by atoms with Crippen molar-refractivity contribution in [2.45, 2.75) is 13.0 Å². The average Bonchev–Trinajstić information content (AvgIpc) is 2.90. The predicted molar refractivity (Wildman–Crippen MR) is 88.1 cm³/mol. The fourth-order valence-electron chi connectivity index (χ4n) is 2.39. The van der Waals surface area contributed by atoms with E-state index in [2.05, 4.69) is 44.9 Å². The standard InChI is InChI=1S/C15H15BrN2O2S/c1-2-17-15(10-6-13(16)21-8-10)9-3-4-12-11(5-9)18-14(19)7-20-12/h3-6,8,15,17H,2,7H2,1H3,(H,18,19). The summed E-state index contributed by atoms with van der Waals surface area (Å²) in [4.78, 5) is 11.4. The summed E-state index contributed by atoms with van der Waals surface area (Å²) in [7, 11) is 0. The Morgan fingerprint density at radius 1 is 1.43 bits per heavy atom. The molecule has 2 aromatic rings. The van der Waals surface area contributed by atoms with E-state index in [-0.39, 0.29) is 18.6 Å². The molecule has 0 saturated carbocycles. The van der Waals surface area contributed by atoms with Crippen molar-refractivity contribution >= 4 is 38.9 Å². The van der Waals surface area contributed by atoms with Crippen molar-refractivity contribution in [2.75, 3.05) is 18.5 Å². The molecule has 0 aliphatic carbocycles. The monoisotopic (exact) mass is 366 g/mol. The van der Waals surface area contributed by atoms with Crippen LogP contribution in [0.25, 0.3) is 0 Å². The fraction of sp³-hybridized carbons (Fsp3) is 0.267. The number of nitrogens with one attached hydrogen (secondary N) is 2. The predicted octanol–water partition coefficient (Wildman–Crippen LogP) is 3.54. The van der Waals surface area contributed by atoms with E-state index in [1.807, 2.05) is 18.2 Å². The summed E-state index contributed by atoms with van der Waals surface area (Å²) in [6.45, 7) is 3.02. The molecular weight excluding hydrogens is 352 g/mol. The number of ether oxygens (including phenoxy) is 1. The van der Waals surface area contributed by atoms with E-state index in [1.165, 1.54) is 5.56 Å². The van der Waals surface area contributed by atoms with Crippen molar-refractivity contribution in [1.29, 1.82) is 0 Å². The van der Waals surface area contributed by atoms with Crippen LogP contribution in [-0.4, -0.2) is 19.1 Å². The minimum atomic E-state index is -0.113. The van der Waals surface area contributed by atoms with E-state index in [9.17, 15) is 4.79 Å². The van der Waals surface area contributed by atoms with Gasteiger partial charge in [-0.15, -0.1) is 11.3 Å². The number of carbonyl (C=O) groups excluding carboxylic acids is 1. The lowest BCUT2D eigenvalue weighted by molar-refractivity contribution is -0.118. The van der Waals surface area contributed by atoms with Gasteiger partial charge in [0.2, 0.25) is 0 Å². The third-order valence-corrected chi connectivity index (χ3v) is 4.82. The van der Waals surface area contributed by atoms with Gasteiger partial charge in [-0.25, -0.2) is 0 Å². The Balaban J connectivity index is 1.96. The highest BCUT2D eigenvalue weighted by atomic mass is 79.9. The normalized spacial score (nSPS) is 15.0. The van der Waals surface area contributed by atoms with Crippen LogP contribution in [0, 0.1) is 0 Å². The molecule has 0 saturated heterocycles. The van der Waals surface area contributed by atoms with Gasteiger partial charge < -0.3 is 15.4 Å². The van der Waals surface area contributed by atoms with Gasteiger partial charge in [0.15, 0.2) is 6.61 Å². The third-order valence-electron chi connectivity index (χ3n) is 3.30. The van der Waals surface area contributed by atoms with Crippen LogP contribution in [0.1, 0.15) is 24.1 Å². The molecule has 1 atom stereocenters. The SMILES string of the molecule is CCNC(c1csc(Br)c1)c1ccc2c(c1)NC(=O)CO2. The molecule has 2 N–H and O–H groups in total. The molecular formula is C15H15BrN2O2S. The minimum absolute atomic E-state index is 0.0838. The smallest absolute Gasteiger partial charge is 0.262 e. The molecule has 3 rings (SSSR count). The zero-order chi connectivity index (χ0) is 14.8.